The highest BCUT2D eigenvalue weighted by Crippen LogP contribution is 2.26. The molecule has 0 radical (unpaired) electrons. The molecule has 0 aliphatic carbocycles. The average molecular weight is 583 g/mol. The van der Waals surface area contributed by atoms with Crippen molar-refractivity contribution in [2.45, 2.75) is 39.5 Å². The van der Waals surface area contributed by atoms with Crippen molar-refractivity contribution >= 4 is 29.0 Å². The van der Waals surface area contributed by atoms with Crippen molar-refractivity contribution in [3.8, 4) is 22.8 Å². The quantitative estimate of drug-likeness (QED) is 0.205. The number of hydrogen-bond acceptors (Lipinski definition) is 5. The molecule has 1 aromatic heterocycles. The summed E-state index contributed by atoms with van der Waals surface area (Å²) in [4.78, 5) is 16.7. The summed E-state index contributed by atoms with van der Waals surface area (Å²) in [7, 11) is 0. The second-order valence-electron chi connectivity index (χ2n) is 9.59. The Bertz CT molecular complexity index is 1520. The number of nitrogens with zero attached hydrogens (tertiary/aromatic N) is 3. The molecule has 4 aromatic rings. The monoisotopic (exact) mass is 582 g/mol. The van der Waals surface area contributed by atoms with E-state index in [9.17, 15) is 18.0 Å². The lowest BCUT2D eigenvalue weighted by Crippen LogP contribution is -2.42. The molecule has 0 bridgehead atoms. The highest BCUT2D eigenvalue weighted by molar-refractivity contribution is 7.80. The van der Waals surface area contributed by atoms with Crippen LogP contribution in [0.4, 0.5) is 23.7 Å². The number of urea groups is 1. The fourth-order valence-electron chi connectivity index (χ4n) is 4.09. The molecule has 214 valence electrons. The Kier molecular flexibility index (Phi) is 9.23. The van der Waals surface area contributed by atoms with Crippen LogP contribution in [-0.4, -0.2) is 38.8 Å². The van der Waals surface area contributed by atoms with Crippen LogP contribution in [0.5, 0.6) is 5.75 Å². The van der Waals surface area contributed by atoms with Gasteiger partial charge in [0.15, 0.2) is 10.9 Å². The van der Waals surface area contributed by atoms with Gasteiger partial charge in [-0.1, -0.05) is 44.2 Å². The summed E-state index contributed by atoms with van der Waals surface area (Å²) in [6.45, 7) is 6.55. The van der Waals surface area contributed by atoms with E-state index in [4.69, 9.17) is 12.2 Å². The van der Waals surface area contributed by atoms with Crippen molar-refractivity contribution in [3.63, 3.8) is 0 Å². The van der Waals surface area contributed by atoms with Crippen LogP contribution in [0, 0.1) is 6.92 Å². The van der Waals surface area contributed by atoms with Gasteiger partial charge < -0.3 is 15.4 Å². The molecule has 0 fully saturated rings. The van der Waals surface area contributed by atoms with Crippen LogP contribution >= 0.6 is 12.2 Å². The molecule has 8 nitrogen and oxygen atoms in total. The minimum Gasteiger partial charge on any atom is -0.406 e. The van der Waals surface area contributed by atoms with Crippen LogP contribution in [0.25, 0.3) is 17.1 Å². The predicted molar refractivity (Wildman–Crippen MR) is 155 cm³/mol. The maximum absolute atomic E-state index is 12.4. The van der Waals surface area contributed by atoms with Gasteiger partial charge in [-0.3, -0.25) is 5.32 Å². The summed E-state index contributed by atoms with van der Waals surface area (Å²) in [5.74, 6) is 0.422. The lowest BCUT2D eigenvalue weighted by atomic mass is 9.99. The summed E-state index contributed by atoms with van der Waals surface area (Å²) in [5, 5.41) is 13.2. The van der Waals surface area contributed by atoms with Crippen LogP contribution in [0.1, 0.15) is 36.5 Å². The maximum atomic E-state index is 12.4. The van der Waals surface area contributed by atoms with Crippen LogP contribution < -0.4 is 20.7 Å². The first kappa shape index (κ1) is 29.5. The van der Waals surface area contributed by atoms with E-state index in [1.807, 2.05) is 49.4 Å². The number of rotatable bonds is 8. The Hall–Kier alpha value is -4.45. The van der Waals surface area contributed by atoms with E-state index >= 15 is 0 Å². The third-order valence-corrected chi connectivity index (χ3v) is 6.22. The highest BCUT2D eigenvalue weighted by Gasteiger charge is 2.31. The third-order valence-electron chi connectivity index (χ3n) is 6.02. The number of ether oxygens (including phenoxy) is 1. The maximum Gasteiger partial charge on any atom is 0.573 e. The van der Waals surface area contributed by atoms with Crippen molar-refractivity contribution in [2.75, 3.05) is 11.9 Å². The van der Waals surface area contributed by atoms with E-state index in [2.05, 4.69) is 44.6 Å². The lowest BCUT2D eigenvalue weighted by Gasteiger charge is -2.16. The first-order valence-corrected chi connectivity index (χ1v) is 13.2. The number of aromatic nitrogens is 3. The zero-order chi connectivity index (χ0) is 29.6. The fourth-order valence-corrected chi connectivity index (χ4v) is 4.29. The topological polar surface area (TPSA) is 93.1 Å². The first-order valence-electron chi connectivity index (χ1n) is 12.8. The molecule has 0 aliphatic heterocycles. The van der Waals surface area contributed by atoms with Gasteiger partial charge in [0.05, 0.1) is 5.69 Å². The molecular formula is C29H29F3N6O2S. The number of aryl methyl sites for hydroxylation is 1. The molecule has 0 aliphatic rings. The Labute approximate surface area is 240 Å². The van der Waals surface area contributed by atoms with Crippen molar-refractivity contribution < 1.29 is 22.7 Å². The number of nitrogens with one attached hydrogen (secondary N) is 3. The van der Waals surface area contributed by atoms with Gasteiger partial charge in [-0.25, -0.2) is 14.5 Å². The first-order chi connectivity index (χ1) is 19.5. The molecule has 0 saturated carbocycles. The predicted octanol–water partition coefficient (Wildman–Crippen LogP) is 6.50. The summed E-state index contributed by atoms with van der Waals surface area (Å²) in [6.07, 6.45) is -2.72. The van der Waals surface area contributed by atoms with Crippen molar-refractivity contribution in [1.29, 1.82) is 0 Å². The molecule has 0 saturated heterocycles. The number of anilines is 1. The zero-order valence-corrected chi connectivity index (χ0v) is 23.4. The number of alkyl halides is 3. The number of amides is 2. The van der Waals surface area contributed by atoms with Gasteiger partial charge in [0.1, 0.15) is 12.1 Å². The van der Waals surface area contributed by atoms with Gasteiger partial charge in [0.25, 0.3) is 0 Å². The van der Waals surface area contributed by atoms with Gasteiger partial charge in [0, 0.05) is 17.8 Å². The van der Waals surface area contributed by atoms with E-state index in [-0.39, 0.29) is 10.9 Å². The summed E-state index contributed by atoms with van der Waals surface area (Å²) < 4.78 is 42.5. The van der Waals surface area contributed by atoms with E-state index in [0.717, 1.165) is 27.9 Å². The molecule has 12 heteroatoms. The zero-order valence-electron chi connectivity index (χ0n) is 22.6. The number of hydrogen-bond donors (Lipinski definition) is 3. The summed E-state index contributed by atoms with van der Waals surface area (Å²) in [6, 6.07) is 18.6. The Balaban J connectivity index is 1.30. The minimum absolute atomic E-state index is 0.209. The molecule has 0 unspecified atom stereocenters. The van der Waals surface area contributed by atoms with Crippen LogP contribution in [0.3, 0.4) is 0 Å². The van der Waals surface area contributed by atoms with E-state index < -0.39 is 12.4 Å². The number of benzene rings is 3. The lowest BCUT2D eigenvalue weighted by molar-refractivity contribution is -0.274. The number of carbonyl (C=O) groups is 1. The molecule has 0 atom stereocenters. The highest BCUT2D eigenvalue weighted by atomic mass is 32.1. The third kappa shape index (κ3) is 8.52. The van der Waals surface area contributed by atoms with Crippen molar-refractivity contribution in [1.82, 2.24) is 25.4 Å². The molecule has 4 rings (SSSR count). The molecule has 2 amide bonds. The minimum atomic E-state index is -4.75. The summed E-state index contributed by atoms with van der Waals surface area (Å²) >= 11 is 5.33. The molecule has 41 heavy (non-hydrogen) atoms. The SMILES string of the molecule is Cc1ccc(C(C)C)c(NC(=S)NC(=O)NCCc2cccc(-c3ncn(-c4ccc(OC(F)(F)F)cc4)n3)c2)c1. The standard InChI is InChI=1S/C29H29F3N6O2S/c1-18(2)24-12-7-19(3)15-25(24)35-28(41)36-27(39)33-14-13-20-5-4-6-21(16-20)26-34-17-38(37-26)22-8-10-23(11-9-22)40-29(30,31)32/h4-12,15-18H,13-14H2,1-3H3,(H3,33,35,36,39,41). The van der Waals surface area contributed by atoms with E-state index in [1.165, 1.54) is 35.3 Å². The van der Waals surface area contributed by atoms with Crippen LogP contribution in [0.15, 0.2) is 73.1 Å². The van der Waals surface area contributed by atoms with Crippen LogP contribution in [-0.2, 0) is 6.42 Å². The Morgan fingerprint density at radius 1 is 1.07 bits per heavy atom. The normalized spacial score (nSPS) is 11.3. The fraction of sp³-hybridized carbons (Fsp3) is 0.241. The second-order valence-corrected chi connectivity index (χ2v) is 9.99. The molecular weight excluding hydrogens is 553 g/mol. The van der Waals surface area contributed by atoms with Crippen molar-refractivity contribution in [2.24, 2.45) is 0 Å². The van der Waals surface area contributed by atoms with Gasteiger partial charge in [0.2, 0.25) is 0 Å². The number of halogens is 3. The van der Waals surface area contributed by atoms with Crippen molar-refractivity contribution in [3.05, 3.63) is 89.7 Å². The largest absolute Gasteiger partial charge is 0.573 e. The van der Waals surface area contributed by atoms with E-state index in [0.29, 0.717) is 30.4 Å². The van der Waals surface area contributed by atoms with E-state index in [1.54, 1.807) is 0 Å². The Morgan fingerprint density at radius 2 is 1.83 bits per heavy atom. The molecule has 1 heterocycles. The van der Waals surface area contributed by atoms with Crippen LogP contribution in [0.2, 0.25) is 0 Å². The van der Waals surface area contributed by atoms with Gasteiger partial charge in [-0.15, -0.1) is 18.3 Å². The smallest absolute Gasteiger partial charge is 0.406 e. The second kappa shape index (κ2) is 12.8. The molecule has 3 aromatic carbocycles. The summed E-state index contributed by atoms with van der Waals surface area (Å²) in [5.41, 5.74) is 5.29. The average Bonchev–Trinajstić information content (AvgIpc) is 3.39. The Morgan fingerprint density at radius 3 is 2.54 bits per heavy atom. The van der Waals surface area contributed by atoms with Gasteiger partial charge >= 0.3 is 12.4 Å². The number of carbonyl (C=O) groups excluding carboxylic acids is 1. The molecule has 0 spiro atoms. The molecule has 3 N–H and O–H groups in total. The van der Waals surface area contributed by atoms with Gasteiger partial charge in [-0.2, -0.15) is 0 Å². The number of thiocarbonyl (C=S) groups is 1. The van der Waals surface area contributed by atoms with Gasteiger partial charge in [-0.05, 0) is 84.6 Å².